The number of carbonyl (C=O) groups is 3. The normalized spacial score (nSPS) is 20.6. The molecular formula is C25H28N2O5. The van der Waals surface area contributed by atoms with Crippen LogP contribution in [0.3, 0.4) is 0 Å². The van der Waals surface area contributed by atoms with Gasteiger partial charge < -0.3 is 14.4 Å². The second-order valence-electron chi connectivity index (χ2n) is 8.12. The number of amides is 3. The highest BCUT2D eigenvalue weighted by Gasteiger charge is 2.45. The summed E-state index contributed by atoms with van der Waals surface area (Å²) in [6, 6.07) is 13.3. The van der Waals surface area contributed by atoms with Crippen LogP contribution in [-0.4, -0.2) is 54.5 Å². The third-order valence-electron chi connectivity index (χ3n) is 5.97. The molecule has 3 amide bonds. The molecule has 2 aromatic carbocycles. The number of anilines is 1. The first-order valence-corrected chi connectivity index (χ1v) is 11.1. The highest BCUT2D eigenvalue weighted by molar-refractivity contribution is 6.23. The zero-order valence-corrected chi connectivity index (χ0v) is 18.5. The van der Waals surface area contributed by atoms with Gasteiger partial charge in [0.1, 0.15) is 11.8 Å². The van der Waals surface area contributed by atoms with E-state index in [2.05, 4.69) is 0 Å². The Kier molecular flexibility index (Phi) is 6.55. The van der Waals surface area contributed by atoms with Crippen LogP contribution in [0.25, 0.3) is 0 Å². The van der Waals surface area contributed by atoms with Gasteiger partial charge in [0, 0.05) is 18.7 Å². The first kappa shape index (κ1) is 22.0. The molecule has 0 spiro atoms. The fourth-order valence-corrected chi connectivity index (χ4v) is 4.32. The van der Waals surface area contributed by atoms with E-state index in [0.29, 0.717) is 30.2 Å². The second kappa shape index (κ2) is 9.53. The zero-order valence-electron chi connectivity index (χ0n) is 18.5. The molecule has 2 saturated heterocycles. The molecule has 0 radical (unpaired) electrons. The lowest BCUT2D eigenvalue weighted by Gasteiger charge is -2.30. The van der Waals surface area contributed by atoms with Gasteiger partial charge in [-0.2, -0.15) is 0 Å². The first-order valence-electron chi connectivity index (χ1n) is 11.1. The summed E-state index contributed by atoms with van der Waals surface area (Å²) in [7, 11) is 0. The molecule has 0 bridgehead atoms. The summed E-state index contributed by atoms with van der Waals surface area (Å²) in [5, 5.41) is 0. The smallest absolute Gasteiger partial charge is 0.257 e. The monoisotopic (exact) mass is 436 g/mol. The molecule has 0 aromatic heterocycles. The van der Waals surface area contributed by atoms with Crippen molar-refractivity contribution in [3.8, 4) is 5.75 Å². The third kappa shape index (κ3) is 4.39. The van der Waals surface area contributed by atoms with Crippen molar-refractivity contribution in [2.45, 2.75) is 45.3 Å². The van der Waals surface area contributed by atoms with Gasteiger partial charge in [-0.1, -0.05) is 18.2 Å². The molecule has 2 aromatic rings. The summed E-state index contributed by atoms with van der Waals surface area (Å²) < 4.78 is 11.2. The summed E-state index contributed by atoms with van der Waals surface area (Å²) in [4.78, 5) is 42.5. The van der Waals surface area contributed by atoms with Gasteiger partial charge in [-0.3, -0.25) is 14.4 Å². The van der Waals surface area contributed by atoms with E-state index in [1.807, 2.05) is 26.0 Å². The molecule has 0 saturated carbocycles. The molecular weight excluding hydrogens is 408 g/mol. The molecule has 2 aliphatic rings. The number of hydrogen-bond donors (Lipinski definition) is 0. The summed E-state index contributed by atoms with van der Waals surface area (Å²) in [6.45, 7) is 5.22. The Morgan fingerprint density at radius 1 is 1.16 bits per heavy atom. The van der Waals surface area contributed by atoms with Crippen LogP contribution in [0.1, 0.15) is 42.1 Å². The summed E-state index contributed by atoms with van der Waals surface area (Å²) >= 11 is 0. The Hall–Kier alpha value is -3.19. The molecule has 2 unspecified atom stereocenters. The maximum Gasteiger partial charge on any atom is 0.257 e. The number of imide groups is 1. The van der Waals surface area contributed by atoms with Crippen LogP contribution in [0.5, 0.6) is 5.75 Å². The van der Waals surface area contributed by atoms with E-state index in [4.69, 9.17) is 9.47 Å². The number of benzene rings is 2. The molecule has 0 aliphatic carbocycles. The summed E-state index contributed by atoms with van der Waals surface area (Å²) in [5.74, 6) is -0.293. The van der Waals surface area contributed by atoms with Crippen molar-refractivity contribution in [3.05, 3.63) is 59.7 Å². The van der Waals surface area contributed by atoms with Gasteiger partial charge in [0.15, 0.2) is 0 Å². The Morgan fingerprint density at radius 3 is 2.56 bits per heavy atom. The van der Waals surface area contributed by atoms with Crippen molar-refractivity contribution in [3.63, 3.8) is 0 Å². The van der Waals surface area contributed by atoms with Crippen molar-refractivity contribution in [2.24, 2.45) is 0 Å². The van der Waals surface area contributed by atoms with Crippen LogP contribution < -0.4 is 9.64 Å². The van der Waals surface area contributed by atoms with E-state index >= 15 is 0 Å². The summed E-state index contributed by atoms with van der Waals surface area (Å²) in [6.07, 6.45) is 1.57. The maximum absolute atomic E-state index is 13.5. The third-order valence-corrected chi connectivity index (χ3v) is 5.97. The quantitative estimate of drug-likeness (QED) is 0.622. The number of carbonyl (C=O) groups excluding carboxylic acids is 3. The lowest BCUT2D eigenvalue weighted by molar-refractivity contribution is -0.122. The van der Waals surface area contributed by atoms with Gasteiger partial charge >= 0.3 is 0 Å². The Balaban J connectivity index is 1.62. The minimum Gasteiger partial charge on any atom is -0.494 e. The van der Waals surface area contributed by atoms with Crippen LogP contribution in [0, 0.1) is 6.92 Å². The highest BCUT2D eigenvalue weighted by atomic mass is 16.5. The minimum atomic E-state index is -0.856. The fraction of sp³-hybridized carbons (Fsp3) is 0.400. The molecule has 4 rings (SSSR count). The number of nitrogens with zero attached hydrogens (tertiary/aromatic N) is 2. The Morgan fingerprint density at radius 2 is 1.91 bits per heavy atom. The van der Waals surface area contributed by atoms with Crippen LogP contribution >= 0.6 is 0 Å². The van der Waals surface area contributed by atoms with Crippen molar-refractivity contribution in [2.75, 3.05) is 24.7 Å². The van der Waals surface area contributed by atoms with Crippen molar-refractivity contribution < 1.29 is 23.9 Å². The second-order valence-corrected chi connectivity index (χ2v) is 8.12. The predicted molar refractivity (Wildman–Crippen MR) is 120 cm³/mol. The lowest BCUT2D eigenvalue weighted by atomic mass is 10.0. The largest absolute Gasteiger partial charge is 0.494 e. The van der Waals surface area contributed by atoms with Crippen LogP contribution in [0.15, 0.2) is 48.5 Å². The molecule has 168 valence electrons. The lowest BCUT2D eigenvalue weighted by Crippen LogP contribution is -2.48. The SMILES string of the molecule is CCOc1ccc(N2C(=O)CC(N(CC3CCCO3)C(=O)c3ccccc3C)C2=O)cc1. The van der Waals surface area contributed by atoms with Gasteiger partial charge in [0.05, 0.1) is 24.8 Å². The Bertz CT molecular complexity index is 998. The topological polar surface area (TPSA) is 76.2 Å². The number of aryl methyl sites for hydroxylation is 1. The molecule has 7 nitrogen and oxygen atoms in total. The van der Waals surface area contributed by atoms with E-state index in [1.165, 1.54) is 9.80 Å². The average Bonchev–Trinajstić information content (AvgIpc) is 3.40. The van der Waals surface area contributed by atoms with E-state index in [0.717, 1.165) is 18.4 Å². The highest BCUT2D eigenvalue weighted by Crippen LogP contribution is 2.29. The molecule has 32 heavy (non-hydrogen) atoms. The van der Waals surface area contributed by atoms with E-state index in [-0.39, 0.29) is 36.8 Å². The van der Waals surface area contributed by atoms with Crippen molar-refractivity contribution >= 4 is 23.4 Å². The predicted octanol–water partition coefficient (Wildman–Crippen LogP) is 3.35. The number of hydrogen-bond acceptors (Lipinski definition) is 5. The molecule has 2 heterocycles. The Labute approximate surface area is 187 Å². The van der Waals surface area contributed by atoms with Gasteiger partial charge in [0.25, 0.3) is 11.8 Å². The summed E-state index contributed by atoms with van der Waals surface area (Å²) in [5.41, 5.74) is 1.84. The maximum atomic E-state index is 13.5. The minimum absolute atomic E-state index is 0.0453. The first-order chi connectivity index (χ1) is 15.5. The number of rotatable bonds is 7. The van der Waals surface area contributed by atoms with Crippen LogP contribution in [0.4, 0.5) is 5.69 Å². The van der Waals surface area contributed by atoms with Crippen LogP contribution in [0.2, 0.25) is 0 Å². The van der Waals surface area contributed by atoms with Crippen molar-refractivity contribution in [1.29, 1.82) is 0 Å². The van der Waals surface area contributed by atoms with Gasteiger partial charge in [-0.25, -0.2) is 4.90 Å². The molecule has 2 fully saturated rings. The number of ether oxygens (including phenoxy) is 2. The molecule has 2 aliphatic heterocycles. The van der Waals surface area contributed by atoms with Gasteiger partial charge in [-0.05, 0) is 62.6 Å². The zero-order chi connectivity index (χ0) is 22.7. The van der Waals surface area contributed by atoms with Gasteiger partial charge in [0.2, 0.25) is 5.91 Å². The fourth-order valence-electron chi connectivity index (χ4n) is 4.32. The standard InChI is InChI=1S/C25H28N2O5/c1-3-31-19-12-10-18(11-13-19)27-23(28)15-22(25(27)30)26(16-20-8-6-14-32-20)24(29)21-9-5-4-7-17(21)2/h4-5,7,9-13,20,22H,3,6,8,14-16H2,1-2H3. The van der Waals surface area contributed by atoms with Crippen molar-refractivity contribution in [1.82, 2.24) is 4.90 Å². The molecule has 0 N–H and O–H groups in total. The molecule has 2 atom stereocenters. The van der Waals surface area contributed by atoms with E-state index in [1.54, 1.807) is 36.4 Å². The van der Waals surface area contributed by atoms with E-state index in [9.17, 15) is 14.4 Å². The average molecular weight is 437 g/mol. The van der Waals surface area contributed by atoms with Crippen LogP contribution in [-0.2, 0) is 14.3 Å². The van der Waals surface area contributed by atoms with E-state index < -0.39 is 6.04 Å². The van der Waals surface area contributed by atoms with Gasteiger partial charge in [-0.15, -0.1) is 0 Å². The molecule has 7 heteroatoms.